The fourth-order valence-electron chi connectivity index (χ4n) is 1.24. The maximum absolute atomic E-state index is 9.10. The minimum absolute atomic E-state index is 0.296. The van der Waals surface area contributed by atoms with Gasteiger partial charge in [-0.2, -0.15) is 0 Å². The number of rotatable bonds is 1. The standard InChI is InChI=1S/C9H12O4/c1-6-2-3-8(13-6)9-11-4-7(10)5-12-9/h2-3,7,9-10H,4-5H2,1H3. The lowest BCUT2D eigenvalue weighted by atomic mass is 10.3. The summed E-state index contributed by atoms with van der Waals surface area (Å²) in [7, 11) is 0. The maximum Gasteiger partial charge on any atom is 0.217 e. The van der Waals surface area contributed by atoms with Gasteiger partial charge in [0.1, 0.15) is 11.9 Å². The van der Waals surface area contributed by atoms with Gasteiger partial charge in [0.15, 0.2) is 5.76 Å². The highest BCUT2D eigenvalue weighted by Gasteiger charge is 2.24. The summed E-state index contributed by atoms with van der Waals surface area (Å²) in [6.45, 7) is 2.45. The van der Waals surface area contributed by atoms with Gasteiger partial charge in [0.05, 0.1) is 13.2 Å². The van der Waals surface area contributed by atoms with Crippen molar-refractivity contribution in [1.29, 1.82) is 0 Å². The molecular formula is C9H12O4. The van der Waals surface area contributed by atoms with Gasteiger partial charge in [-0.25, -0.2) is 0 Å². The van der Waals surface area contributed by atoms with Crippen LogP contribution in [0, 0.1) is 6.92 Å². The predicted octanol–water partition coefficient (Wildman–Crippen LogP) is 0.994. The first-order valence-corrected chi connectivity index (χ1v) is 4.23. The lowest BCUT2D eigenvalue weighted by Crippen LogP contribution is -2.30. The molecule has 4 nitrogen and oxygen atoms in total. The topological polar surface area (TPSA) is 51.8 Å². The van der Waals surface area contributed by atoms with E-state index in [4.69, 9.17) is 19.0 Å². The highest BCUT2D eigenvalue weighted by atomic mass is 16.7. The smallest absolute Gasteiger partial charge is 0.217 e. The lowest BCUT2D eigenvalue weighted by Gasteiger charge is -2.24. The van der Waals surface area contributed by atoms with E-state index >= 15 is 0 Å². The van der Waals surface area contributed by atoms with Crippen molar-refractivity contribution in [3.8, 4) is 0 Å². The third kappa shape index (κ3) is 1.91. The van der Waals surface area contributed by atoms with E-state index in [-0.39, 0.29) is 0 Å². The molecular weight excluding hydrogens is 172 g/mol. The molecule has 1 saturated heterocycles. The lowest BCUT2D eigenvalue weighted by molar-refractivity contribution is -0.227. The fraction of sp³-hybridized carbons (Fsp3) is 0.556. The second-order valence-corrected chi connectivity index (χ2v) is 3.10. The first kappa shape index (κ1) is 8.74. The predicted molar refractivity (Wildman–Crippen MR) is 44.1 cm³/mol. The number of aryl methyl sites for hydroxylation is 1. The van der Waals surface area contributed by atoms with Crippen molar-refractivity contribution >= 4 is 0 Å². The first-order chi connectivity index (χ1) is 6.25. The summed E-state index contributed by atoms with van der Waals surface area (Å²) < 4.78 is 15.8. The molecule has 4 heteroatoms. The summed E-state index contributed by atoms with van der Waals surface area (Å²) in [5.41, 5.74) is 0. The van der Waals surface area contributed by atoms with Crippen LogP contribution in [-0.2, 0) is 9.47 Å². The number of furan rings is 1. The van der Waals surface area contributed by atoms with Crippen molar-refractivity contribution in [2.24, 2.45) is 0 Å². The van der Waals surface area contributed by atoms with Gasteiger partial charge in [0.2, 0.25) is 6.29 Å². The van der Waals surface area contributed by atoms with E-state index in [0.29, 0.717) is 19.0 Å². The van der Waals surface area contributed by atoms with E-state index in [1.54, 1.807) is 0 Å². The number of hydrogen-bond acceptors (Lipinski definition) is 4. The number of aliphatic hydroxyl groups is 1. The van der Waals surface area contributed by atoms with Crippen molar-refractivity contribution in [3.05, 3.63) is 23.7 Å². The van der Waals surface area contributed by atoms with Gasteiger partial charge >= 0.3 is 0 Å². The summed E-state index contributed by atoms with van der Waals surface area (Å²) >= 11 is 0. The second-order valence-electron chi connectivity index (χ2n) is 3.10. The van der Waals surface area contributed by atoms with Gasteiger partial charge in [-0.1, -0.05) is 0 Å². The molecule has 0 spiro atoms. The molecule has 1 fully saturated rings. The molecule has 1 N–H and O–H groups in total. The highest BCUT2D eigenvalue weighted by molar-refractivity contribution is 5.06. The summed E-state index contributed by atoms with van der Waals surface area (Å²) in [6, 6.07) is 3.67. The van der Waals surface area contributed by atoms with Crippen LogP contribution in [0.15, 0.2) is 16.5 Å². The molecule has 0 unspecified atom stereocenters. The van der Waals surface area contributed by atoms with E-state index in [1.807, 2.05) is 19.1 Å². The first-order valence-electron chi connectivity index (χ1n) is 4.23. The molecule has 72 valence electrons. The molecule has 2 heterocycles. The molecule has 1 aliphatic rings. The number of ether oxygens (including phenoxy) is 2. The maximum atomic E-state index is 9.10. The summed E-state index contributed by atoms with van der Waals surface area (Å²) in [6.07, 6.45) is -0.982. The van der Waals surface area contributed by atoms with E-state index in [9.17, 15) is 0 Å². The number of aliphatic hydroxyl groups excluding tert-OH is 1. The monoisotopic (exact) mass is 184 g/mol. The van der Waals surface area contributed by atoms with Crippen LogP contribution >= 0.6 is 0 Å². The zero-order valence-electron chi connectivity index (χ0n) is 7.40. The van der Waals surface area contributed by atoms with E-state index in [2.05, 4.69) is 0 Å². The Labute approximate surface area is 76.1 Å². The van der Waals surface area contributed by atoms with E-state index < -0.39 is 12.4 Å². The largest absolute Gasteiger partial charge is 0.461 e. The summed E-state index contributed by atoms with van der Waals surface area (Å²) in [4.78, 5) is 0. The van der Waals surface area contributed by atoms with Crippen LogP contribution < -0.4 is 0 Å². The Morgan fingerprint density at radius 2 is 2.00 bits per heavy atom. The average molecular weight is 184 g/mol. The summed E-state index contributed by atoms with van der Waals surface area (Å²) in [5.74, 6) is 1.48. The molecule has 0 aliphatic carbocycles. The Morgan fingerprint density at radius 1 is 1.31 bits per heavy atom. The van der Waals surface area contributed by atoms with Crippen molar-refractivity contribution in [2.75, 3.05) is 13.2 Å². The Bertz CT molecular complexity index is 273. The molecule has 0 aromatic carbocycles. The molecule has 2 rings (SSSR count). The van der Waals surface area contributed by atoms with Crippen LogP contribution in [0.3, 0.4) is 0 Å². The minimum atomic E-state index is -0.521. The molecule has 1 aliphatic heterocycles. The molecule has 0 atom stereocenters. The van der Waals surface area contributed by atoms with Gasteiger partial charge < -0.3 is 19.0 Å². The highest BCUT2D eigenvalue weighted by Crippen LogP contribution is 2.24. The van der Waals surface area contributed by atoms with Crippen LogP contribution in [0.1, 0.15) is 17.8 Å². The van der Waals surface area contributed by atoms with Crippen LogP contribution in [0.4, 0.5) is 0 Å². The van der Waals surface area contributed by atoms with Gasteiger partial charge in [-0.3, -0.25) is 0 Å². The van der Waals surface area contributed by atoms with Crippen LogP contribution in [-0.4, -0.2) is 24.4 Å². The second kappa shape index (κ2) is 3.49. The third-order valence-electron chi connectivity index (χ3n) is 1.87. The Kier molecular flexibility index (Phi) is 2.35. The molecule has 1 aromatic heterocycles. The Balaban J connectivity index is 2.02. The zero-order valence-corrected chi connectivity index (χ0v) is 7.40. The van der Waals surface area contributed by atoms with Crippen molar-refractivity contribution in [3.63, 3.8) is 0 Å². The zero-order chi connectivity index (χ0) is 9.26. The fourth-order valence-corrected chi connectivity index (χ4v) is 1.24. The normalized spacial score (nSPS) is 29.1. The van der Waals surface area contributed by atoms with Crippen LogP contribution in [0.5, 0.6) is 0 Å². The third-order valence-corrected chi connectivity index (χ3v) is 1.87. The molecule has 1 aromatic rings. The van der Waals surface area contributed by atoms with Gasteiger partial charge in [-0.15, -0.1) is 0 Å². The SMILES string of the molecule is Cc1ccc(C2OCC(O)CO2)o1. The van der Waals surface area contributed by atoms with Crippen molar-refractivity contribution in [2.45, 2.75) is 19.3 Å². The van der Waals surface area contributed by atoms with Gasteiger partial charge in [0.25, 0.3) is 0 Å². The Morgan fingerprint density at radius 3 is 2.54 bits per heavy atom. The average Bonchev–Trinajstić information content (AvgIpc) is 2.53. The molecule has 0 radical (unpaired) electrons. The number of hydrogen-bond donors (Lipinski definition) is 1. The Hall–Kier alpha value is -0.840. The molecule has 0 saturated carbocycles. The van der Waals surface area contributed by atoms with Crippen LogP contribution in [0.25, 0.3) is 0 Å². The van der Waals surface area contributed by atoms with Gasteiger partial charge in [0, 0.05) is 0 Å². The van der Waals surface area contributed by atoms with Crippen molar-refractivity contribution in [1.82, 2.24) is 0 Å². The van der Waals surface area contributed by atoms with E-state index in [0.717, 1.165) is 5.76 Å². The summed E-state index contributed by atoms with van der Waals surface area (Å²) in [5, 5.41) is 9.10. The molecule has 13 heavy (non-hydrogen) atoms. The van der Waals surface area contributed by atoms with Crippen LogP contribution in [0.2, 0.25) is 0 Å². The van der Waals surface area contributed by atoms with Crippen molar-refractivity contribution < 1.29 is 19.0 Å². The quantitative estimate of drug-likeness (QED) is 0.707. The molecule has 0 bridgehead atoms. The van der Waals surface area contributed by atoms with Gasteiger partial charge in [-0.05, 0) is 19.1 Å². The van der Waals surface area contributed by atoms with E-state index in [1.165, 1.54) is 0 Å². The molecule has 0 amide bonds. The minimum Gasteiger partial charge on any atom is -0.461 e.